The second-order valence-corrected chi connectivity index (χ2v) is 6.62. The van der Waals surface area contributed by atoms with Crippen molar-refractivity contribution in [3.63, 3.8) is 0 Å². The van der Waals surface area contributed by atoms with Gasteiger partial charge in [-0.2, -0.15) is 0 Å². The lowest BCUT2D eigenvalue weighted by molar-refractivity contribution is 0.0329. The zero-order valence-electron chi connectivity index (χ0n) is 14.1. The Kier molecular flexibility index (Phi) is 5.12. The van der Waals surface area contributed by atoms with E-state index in [-0.39, 0.29) is 5.97 Å². The number of carbonyl (C=O) groups is 1. The molecule has 0 unspecified atom stereocenters. The number of rotatable bonds is 4. The summed E-state index contributed by atoms with van der Waals surface area (Å²) in [6, 6.07) is 3.86. The Morgan fingerprint density at radius 1 is 1.29 bits per heavy atom. The summed E-state index contributed by atoms with van der Waals surface area (Å²) >= 11 is 3.52. The smallest absolute Gasteiger partial charge is 0.340 e. The molecule has 7 heteroatoms. The van der Waals surface area contributed by atoms with Crippen molar-refractivity contribution in [2.45, 2.75) is 6.54 Å². The van der Waals surface area contributed by atoms with Crippen LogP contribution >= 0.6 is 15.9 Å². The van der Waals surface area contributed by atoms with E-state index in [1.165, 1.54) is 7.11 Å². The first-order chi connectivity index (χ1) is 11.6. The first-order valence-electron chi connectivity index (χ1n) is 7.80. The molecular formula is C17H21BrN2O4. The van der Waals surface area contributed by atoms with Crippen LogP contribution in [0, 0.1) is 0 Å². The number of halogens is 1. The maximum Gasteiger partial charge on any atom is 0.340 e. The maximum absolute atomic E-state index is 12.5. The van der Waals surface area contributed by atoms with E-state index in [0.29, 0.717) is 17.9 Å². The van der Waals surface area contributed by atoms with E-state index < -0.39 is 0 Å². The van der Waals surface area contributed by atoms with Crippen molar-refractivity contribution in [3.8, 4) is 5.75 Å². The Morgan fingerprint density at radius 3 is 2.62 bits per heavy atom. The summed E-state index contributed by atoms with van der Waals surface area (Å²) in [6.45, 7) is 3.83. The topological polar surface area (TPSA) is 52.9 Å². The quantitative estimate of drug-likeness (QED) is 0.743. The van der Waals surface area contributed by atoms with Gasteiger partial charge in [0.25, 0.3) is 0 Å². The molecule has 1 aliphatic rings. The summed E-state index contributed by atoms with van der Waals surface area (Å²) in [5, 5.41) is 0.840. The third kappa shape index (κ3) is 3.03. The monoisotopic (exact) mass is 396 g/mol. The lowest BCUT2D eigenvalue weighted by Gasteiger charge is -2.27. The van der Waals surface area contributed by atoms with Gasteiger partial charge in [0.05, 0.1) is 43.0 Å². The standard InChI is InChI=1S/C17H21BrN2O4/c1-19-13-9-12(18)15(22-2)8-11(13)16(17(21)23-3)14(19)10-20-4-6-24-7-5-20/h8-9H,4-7,10H2,1-3H3. The number of methoxy groups -OCH3 is 2. The summed E-state index contributed by atoms with van der Waals surface area (Å²) in [5.41, 5.74) is 2.51. The van der Waals surface area contributed by atoms with Gasteiger partial charge in [0.2, 0.25) is 0 Å². The van der Waals surface area contributed by atoms with E-state index in [1.807, 2.05) is 19.2 Å². The van der Waals surface area contributed by atoms with Gasteiger partial charge in [-0.05, 0) is 28.1 Å². The van der Waals surface area contributed by atoms with Gasteiger partial charge in [-0.3, -0.25) is 4.90 Å². The highest BCUT2D eigenvalue weighted by Gasteiger charge is 2.25. The highest BCUT2D eigenvalue weighted by molar-refractivity contribution is 9.10. The van der Waals surface area contributed by atoms with Crippen molar-refractivity contribution < 1.29 is 19.0 Å². The predicted octanol–water partition coefficient (Wildman–Crippen LogP) is 2.57. The summed E-state index contributed by atoms with van der Waals surface area (Å²) in [4.78, 5) is 14.7. The van der Waals surface area contributed by atoms with Gasteiger partial charge < -0.3 is 18.8 Å². The van der Waals surface area contributed by atoms with Gasteiger partial charge >= 0.3 is 5.97 Å². The van der Waals surface area contributed by atoms with E-state index in [0.717, 1.165) is 47.4 Å². The molecule has 0 atom stereocenters. The van der Waals surface area contributed by atoms with Crippen LogP contribution in [0.5, 0.6) is 5.75 Å². The van der Waals surface area contributed by atoms with Crippen molar-refractivity contribution in [1.29, 1.82) is 0 Å². The molecule has 0 saturated carbocycles. The molecule has 2 heterocycles. The molecule has 130 valence electrons. The molecule has 2 aromatic rings. The number of hydrogen-bond donors (Lipinski definition) is 0. The number of fused-ring (bicyclic) bond motifs is 1. The van der Waals surface area contributed by atoms with Gasteiger partial charge in [-0.25, -0.2) is 4.79 Å². The molecule has 0 aliphatic carbocycles. The van der Waals surface area contributed by atoms with Crippen LogP contribution in [0.2, 0.25) is 0 Å². The first kappa shape index (κ1) is 17.3. The largest absolute Gasteiger partial charge is 0.496 e. The van der Waals surface area contributed by atoms with E-state index in [1.54, 1.807) is 7.11 Å². The molecule has 1 aromatic heterocycles. The zero-order chi connectivity index (χ0) is 17.3. The van der Waals surface area contributed by atoms with Crippen LogP contribution in [0.25, 0.3) is 10.9 Å². The van der Waals surface area contributed by atoms with Crippen molar-refractivity contribution in [2.75, 3.05) is 40.5 Å². The van der Waals surface area contributed by atoms with E-state index in [2.05, 4.69) is 25.4 Å². The van der Waals surface area contributed by atoms with Crippen LogP contribution in [0.1, 0.15) is 16.1 Å². The normalized spacial score (nSPS) is 15.7. The molecule has 1 aliphatic heterocycles. The number of ether oxygens (including phenoxy) is 3. The number of benzene rings is 1. The Morgan fingerprint density at radius 2 is 2.00 bits per heavy atom. The molecule has 1 fully saturated rings. The lowest BCUT2D eigenvalue weighted by Crippen LogP contribution is -2.36. The van der Waals surface area contributed by atoms with Crippen molar-refractivity contribution >= 4 is 32.8 Å². The minimum atomic E-state index is -0.326. The Labute approximate surface area is 149 Å². The van der Waals surface area contributed by atoms with Crippen LogP contribution < -0.4 is 4.74 Å². The lowest BCUT2D eigenvalue weighted by atomic mass is 10.1. The SMILES string of the molecule is COC(=O)c1c(CN2CCOCC2)n(C)c2cc(Br)c(OC)cc12. The number of morpholine rings is 1. The summed E-state index contributed by atoms with van der Waals surface area (Å²) in [5.74, 6) is 0.365. The van der Waals surface area contributed by atoms with Crippen molar-refractivity contribution in [3.05, 3.63) is 27.9 Å². The number of nitrogens with zero attached hydrogens (tertiary/aromatic N) is 2. The molecule has 0 radical (unpaired) electrons. The maximum atomic E-state index is 12.5. The van der Waals surface area contributed by atoms with E-state index >= 15 is 0 Å². The Balaban J connectivity index is 2.14. The second-order valence-electron chi connectivity index (χ2n) is 5.76. The van der Waals surface area contributed by atoms with Crippen LogP contribution in [0.3, 0.4) is 0 Å². The van der Waals surface area contributed by atoms with Gasteiger partial charge in [0.1, 0.15) is 5.75 Å². The molecule has 1 aromatic carbocycles. The molecule has 3 rings (SSSR count). The number of aryl methyl sites for hydroxylation is 1. The van der Waals surface area contributed by atoms with Crippen molar-refractivity contribution in [2.24, 2.45) is 7.05 Å². The molecule has 0 bridgehead atoms. The molecule has 1 saturated heterocycles. The Bertz CT molecular complexity index is 766. The number of aromatic nitrogens is 1. The second kappa shape index (κ2) is 7.13. The van der Waals surface area contributed by atoms with Crippen molar-refractivity contribution in [1.82, 2.24) is 9.47 Å². The summed E-state index contributed by atoms with van der Waals surface area (Å²) < 4.78 is 18.7. The number of esters is 1. The highest BCUT2D eigenvalue weighted by atomic mass is 79.9. The Hall–Kier alpha value is -1.57. The molecule has 6 nitrogen and oxygen atoms in total. The van der Waals surface area contributed by atoms with Gasteiger partial charge in [0.15, 0.2) is 0 Å². The molecular weight excluding hydrogens is 376 g/mol. The molecule has 0 amide bonds. The fraction of sp³-hybridized carbons (Fsp3) is 0.471. The van der Waals surface area contributed by atoms with E-state index in [4.69, 9.17) is 14.2 Å². The van der Waals surface area contributed by atoms with Gasteiger partial charge in [0, 0.05) is 37.8 Å². The van der Waals surface area contributed by atoms with Crippen LogP contribution in [0.4, 0.5) is 0 Å². The molecule has 0 N–H and O–H groups in total. The van der Waals surface area contributed by atoms with Crippen LogP contribution in [0.15, 0.2) is 16.6 Å². The summed E-state index contributed by atoms with van der Waals surface area (Å²) in [6.07, 6.45) is 0. The average molecular weight is 397 g/mol. The fourth-order valence-electron chi connectivity index (χ4n) is 3.13. The summed E-state index contributed by atoms with van der Waals surface area (Å²) in [7, 11) is 5.00. The average Bonchev–Trinajstić information content (AvgIpc) is 2.86. The predicted molar refractivity (Wildman–Crippen MR) is 94.6 cm³/mol. The molecule has 0 spiro atoms. The van der Waals surface area contributed by atoms with E-state index in [9.17, 15) is 4.79 Å². The van der Waals surface area contributed by atoms with Gasteiger partial charge in [-0.15, -0.1) is 0 Å². The number of hydrogen-bond acceptors (Lipinski definition) is 5. The van der Waals surface area contributed by atoms with Gasteiger partial charge in [-0.1, -0.05) is 0 Å². The number of carbonyl (C=O) groups excluding carboxylic acids is 1. The fourth-order valence-corrected chi connectivity index (χ4v) is 3.62. The van der Waals surface area contributed by atoms with Crippen LogP contribution in [-0.2, 0) is 23.1 Å². The van der Waals surface area contributed by atoms with Crippen LogP contribution in [-0.4, -0.2) is 56.0 Å². The molecule has 24 heavy (non-hydrogen) atoms. The minimum Gasteiger partial charge on any atom is -0.496 e. The first-order valence-corrected chi connectivity index (χ1v) is 8.59. The zero-order valence-corrected chi connectivity index (χ0v) is 15.7. The highest BCUT2D eigenvalue weighted by Crippen LogP contribution is 2.35. The minimum absolute atomic E-state index is 0.326. The third-order valence-electron chi connectivity index (χ3n) is 4.46. The third-order valence-corrected chi connectivity index (χ3v) is 5.08.